The summed E-state index contributed by atoms with van der Waals surface area (Å²) in [5, 5.41) is 4.33. The van der Waals surface area contributed by atoms with Gasteiger partial charge in [0.25, 0.3) is 0 Å². The number of pyridine rings is 1. The first kappa shape index (κ1) is 14.4. The molecule has 0 spiro atoms. The Morgan fingerprint density at radius 3 is 2.81 bits per heavy atom. The Bertz CT molecular complexity index is 765. The van der Waals surface area contributed by atoms with Crippen LogP contribution >= 0.6 is 22.9 Å². The summed E-state index contributed by atoms with van der Waals surface area (Å²) in [5.74, 6) is 2.11. The van der Waals surface area contributed by atoms with E-state index in [4.69, 9.17) is 16.3 Å². The molecule has 3 rings (SSSR count). The van der Waals surface area contributed by atoms with Gasteiger partial charge in [0.15, 0.2) is 5.65 Å². The molecule has 21 heavy (non-hydrogen) atoms. The van der Waals surface area contributed by atoms with Gasteiger partial charge in [-0.3, -0.25) is 0 Å². The Kier molecular flexibility index (Phi) is 4.12. The van der Waals surface area contributed by atoms with Gasteiger partial charge in [-0.25, -0.2) is 4.98 Å². The first-order valence-electron chi connectivity index (χ1n) is 6.70. The second-order valence-electron chi connectivity index (χ2n) is 4.83. The van der Waals surface area contributed by atoms with Gasteiger partial charge < -0.3 is 9.30 Å². The highest BCUT2D eigenvalue weighted by atomic mass is 35.5. The summed E-state index contributed by atoms with van der Waals surface area (Å²) in [6, 6.07) is 3.77. The zero-order valence-corrected chi connectivity index (χ0v) is 13.5. The summed E-state index contributed by atoms with van der Waals surface area (Å²) in [6.45, 7) is 2.89. The molecule has 0 aliphatic rings. The average Bonchev–Trinajstić information content (AvgIpc) is 3.04. The van der Waals surface area contributed by atoms with Crippen molar-refractivity contribution >= 4 is 34.1 Å². The van der Waals surface area contributed by atoms with Crippen LogP contribution in [-0.2, 0) is 13.0 Å². The highest BCUT2D eigenvalue weighted by molar-refractivity contribution is 7.08. The van der Waals surface area contributed by atoms with E-state index in [-0.39, 0.29) is 0 Å². The molecular weight excluding hydrogens is 306 g/mol. The number of thiophene rings is 1. The summed E-state index contributed by atoms with van der Waals surface area (Å²) < 4.78 is 7.36. The zero-order chi connectivity index (χ0) is 14.8. The topological polar surface area (TPSA) is 39.9 Å². The van der Waals surface area contributed by atoms with E-state index in [0.717, 1.165) is 30.0 Å². The fourth-order valence-electron chi connectivity index (χ4n) is 2.31. The lowest BCUT2D eigenvalue weighted by Crippen LogP contribution is -2.07. The van der Waals surface area contributed by atoms with Crippen LogP contribution in [0.5, 0.6) is 5.88 Å². The molecule has 0 saturated heterocycles. The van der Waals surface area contributed by atoms with Crippen LogP contribution in [0.3, 0.4) is 0 Å². The Morgan fingerprint density at radius 1 is 1.29 bits per heavy atom. The molecule has 4 nitrogen and oxygen atoms in total. The third-order valence-electron chi connectivity index (χ3n) is 3.46. The van der Waals surface area contributed by atoms with Crippen molar-refractivity contribution in [2.45, 2.75) is 19.9 Å². The second kappa shape index (κ2) is 6.03. The van der Waals surface area contributed by atoms with E-state index < -0.39 is 0 Å². The van der Waals surface area contributed by atoms with Gasteiger partial charge in [0, 0.05) is 18.4 Å². The fourth-order valence-corrected chi connectivity index (χ4v) is 3.32. The number of aromatic nitrogens is 3. The Morgan fingerprint density at radius 2 is 2.14 bits per heavy atom. The van der Waals surface area contributed by atoms with E-state index >= 15 is 0 Å². The van der Waals surface area contributed by atoms with Crippen molar-refractivity contribution in [3.8, 4) is 5.88 Å². The quantitative estimate of drug-likeness (QED) is 0.674. The molecule has 0 atom stereocenters. The summed E-state index contributed by atoms with van der Waals surface area (Å²) in [7, 11) is 1.62. The molecule has 0 radical (unpaired) electrons. The molecule has 0 aliphatic heterocycles. The van der Waals surface area contributed by atoms with Gasteiger partial charge in [-0.15, -0.1) is 11.6 Å². The van der Waals surface area contributed by atoms with Crippen molar-refractivity contribution in [2.75, 3.05) is 13.0 Å². The van der Waals surface area contributed by atoms with Gasteiger partial charge >= 0.3 is 0 Å². The number of fused-ring (bicyclic) bond motifs is 1. The van der Waals surface area contributed by atoms with E-state index in [1.165, 1.54) is 11.1 Å². The molecule has 3 aromatic rings. The lowest BCUT2D eigenvalue weighted by molar-refractivity contribution is 0.399. The maximum absolute atomic E-state index is 5.91. The minimum atomic E-state index is 0.545. The van der Waals surface area contributed by atoms with Crippen molar-refractivity contribution < 1.29 is 4.74 Å². The second-order valence-corrected chi connectivity index (χ2v) is 5.95. The minimum Gasteiger partial charge on any atom is -0.481 e. The van der Waals surface area contributed by atoms with E-state index in [1.54, 1.807) is 18.4 Å². The fraction of sp³-hybridized carbons (Fsp3) is 0.333. The van der Waals surface area contributed by atoms with Gasteiger partial charge in [0.2, 0.25) is 5.88 Å². The number of nitrogens with zero attached hydrogens (tertiary/aromatic N) is 3. The molecule has 0 fully saturated rings. The van der Waals surface area contributed by atoms with Crippen molar-refractivity contribution in [3.63, 3.8) is 0 Å². The maximum Gasteiger partial charge on any atom is 0.215 e. The van der Waals surface area contributed by atoms with Crippen LogP contribution in [0.25, 0.3) is 11.2 Å². The van der Waals surface area contributed by atoms with Crippen molar-refractivity contribution in [2.24, 2.45) is 0 Å². The summed E-state index contributed by atoms with van der Waals surface area (Å²) in [4.78, 5) is 9.20. The van der Waals surface area contributed by atoms with E-state index in [9.17, 15) is 0 Å². The summed E-state index contributed by atoms with van der Waals surface area (Å²) in [6.07, 6.45) is 0.726. The SMILES string of the molecule is COc1ccc2nc(CCCl)n(Cc3cscc3C)c2n1. The molecule has 0 amide bonds. The number of ether oxygens (including phenoxy) is 1. The molecule has 0 aliphatic carbocycles. The van der Waals surface area contributed by atoms with Crippen molar-refractivity contribution in [1.29, 1.82) is 0 Å². The van der Waals surface area contributed by atoms with Crippen molar-refractivity contribution in [3.05, 3.63) is 39.8 Å². The molecule has 0 bridgehead atoms. The molecule has 3 heterocycles. The molecule has 3 aromatic heterocycles. The highest BCUT2D eigenvalue weighted by Crippen LogP contribution is 2.22. The van der Waals surface area contributed by atoms with Gasteiger partial charge in [-0.2, -0.15) is 16.3 Å². The molecule has 0 unspecified atom stereocenters. The number of methoxy groups -OCH3 is 1. The smallest absolute Gasteiger partial charge is 0.215 e. The average molecular weight is 322 g/mol. The monoisotopic (exact) mass is 321 g/mol. The van der Waals surface area contributed by atoms with Crippen LogP contribution in [0.1, 0.15) is 17.0 Å². The standard InChI is InChI=1S/C15H16ClN3OS/c1-10-8-21-9-11(10)7-19-13(5-6-16)17-12-3-4-14(20-2)18-15(12)19/h3-4,8-9H,5-7H2,1-2H3. The molecular formula is C15H16ClN3OS. The highest BCUT2D eigenvalue weighted by Gasteiger charge is 2.14. The zero-order valence-electron chi connectivity index (χ0n) is 12.0. The number of rotatable bonds is 5. The summed E-state index contributed by atoms with van der Waals surface area (Å²) in [5.41, 5.74) is 4.31. The number of hydrogen-bond donors (Lipinski definition) is 0. The lowest BCUT2D eigenvalue weighted by atomic mass is 10.2. The van der Waals surface area contributed by atoms with Crippen LogP contribution in [0.15, 0.2) is 22.9 Å². The number of hydrogen-bond acceptors (Lipinski definition) is 4. The Hall–Kier alpha value is -1.59. The van der Waals surface area contributed by atoms with Crippen LogP contribution in [0.2, 0.25) is 0 Å². The predicted molar refractivity (Wildman–Crippen MR) is 86.7 cm³/mol. The normalized spacial score (nSPS) is 11.2. The van der Waals surface area contributed by atoms with Gasteiger partial charge in [0.1, 0.15) is 11.3 Å². The predicted octanol–water partition coefficient (Wildman–Crippen LogP) is 3.64. The third kappa shape index (κ3) is 2.76. The van der Waals surface area contributed by atoms with Gasteiger partial charge in [-0.1, -0.05) is 0 Å². The number of imidazole rings is 1. The number of halogens is 1. The molecule has 0 saturated carbocycles. The summed E-state index contributed by atoms with van der Waals surface area (Å²) >= 11 is 7.63. The van der Waals surface area contributed by atoms with Crippen LogP contribution in [-0.4, -0.2) is 27.5 Å². The molecule has 6 heteroatoms. The van der Waals surface area contributed by atoms with Crippen molar-refractivity contribution in [1.82, 2.24) is 14.5 Å². The first-order chi connectivity index (χ1) is 10.2. The minimum absolute atomic E-state index is 0.545. The third-order valence-corrected chi connectivity index (χ3v) is 4.56. The maximum atomic E-state index is 5.91. The van der Waals surface area contributed by atoms with E-state index in [1.807, 2.05) is 12.1 Å². The van der Waals surface area contributed by atoms with Crippen LogP contribution < -0.4 is 4.74 Å². The lowest BCUT2D eigenvalue weighted by Gasteiger charge is -2.08. The first-order valence-corrected chi connectivity index (χ1v) is 8.18. The van der Waals surface area contributed by atoms with Crippen LogP contribution in [0, 0.1) is 6.92 Å². The Balaban J connectivity index is 2.12. The number of alkyl halides is 1. The van der Waals surface area contributed by atoms with Gasteiger partial charge in [0.05, 0.1) is 13.7 Å². The number of aryl methyl sites for hydroxylation is 2. The van der Waals surface area contributed by atoms with E-state index in [0.29, 0.717) is 11.8 Å². The van der Waals surface area contributed by atoms with E-state index in [2.05, 4.69) is 32.2 Å². The Labute approximate surface area is 132 Å². The molecule has 0 aromatic carbocycles. The van der Waals surface area contributed by atoms with Crippen LogP contribution in [0.4, 0.5) is 0 Å². The largest absolute Gasteiger partial charge is 0.481 e. The van der Waals surface area contributed by atoms with Gasteiger partial charge in [-0.05, 0) is 34.9 Å². The molecule has 110 valence electrons. The molecule has 0 N–H and O–H groups in total.